The number of aryl methyl sites for hydroxylation is 1. The maximum atomic E-state index is 12.5. The quantitative estimate of drug-likeness (QED) is 0.420. The molecule has 0 atom stereocenters. The molecule has 1 amide bonds. The molecule has 0 aliphatic carbocycles. The fourth-order valence-corrected chi connectivity index (χ4v) is 4.75. The molecule has 0 saturated carbocycles. The van der Waals surface area contributed by atoms with Gasteiger partial charge in [-0.1, -0.05) is 37.9 Å². The van der Waals surface area contributed by atoms with Gasteiger partial charge in [0.05, 0.1) is 10.7 Å². The van der Waals surface area contributed by atoms with Gasteiger partial charge in [0.25, 0.3) is 5.91 Å². The van der Waals surface area contributed by atoms with Crippen LogP contribution in [0.4, 0.5) is 5.69 Å². The number of rotatable bonds is 2. The number of anilines is 1. The lowest BCUT2D eigenvalue weighted by Gasteiger charge is -2.05. The van der Waals surface area contributed by atoms with Gasteiger partial charge in [-0.05, 0) is 55.3 Å². The normalized spacial score (nSPS) is 14.6. The van der Waals surface area contributed by atoms with E-state index in [9.17, 15) is 4.79 Å². The maximum absolute atomic E-state index is 12.5. The van der Waals surface area contributed by atoms with Crippen LogP contribution in [-0.2, 0) is 4.79 Å². The lowest BCUT2D eigenvalue weighted by atomic mass is 10.0. The molecule has 0 unspecified atom stereocenters. The number of fused-ring (bicyclic) bond motifs is 1. The Kier molecular flexibility index (Phi) is 4.59. The van der Waals surface area contributed by atoms with Gasteiger partial charge >= 0.3 is 0 Å². The number of benzene rings is 2. The topological polar surface area (TPSA) is 42.0 Å². The van der Waals surface area contributed by atoms with E-state index >= 15 is 0 Å². The average Bonchev–Trinajstić information content (AvgIpc) is 3.16. The summed E-state index contributed by atoms with van der Waals surface area (Å²) in [5.41, 5.74) is 6.45. The van der Waals surface area contributed by atoms with Crippen LogP contribution in [0.25, 0.3) is 22.9 Å². The molecule has 26 heavy (non-hydrogen) atoms. The fraction of sp³-hybridized carbons (Fsp3) is 0.100. The van der Waals surface area contributed by atoms with Crippen molar-refractivity contribution in [1.29, 1.82) is 0 Å². The van der Waals surface area contributed by atoms with Crippen LogP contribution in [0.15, 0.2) is 44.7 Å². The zero-order chi connectivity index (χ0) is 18.4. The molecular formula is C20H14Br2N2OS. The second kappa shape index (κ2) is 6.76. The van der Waals surface area contributed by atoms with Gasteiger partial charge in [0.1, 0.15) is 0 Å². The van der Waals surface area contributed by atoms with Crippen molar-refractivity contribution in [2.75, 3.05) is 5.32 Å². The summed E-state index contributed by atoms with van der Waals surface area (Å²) in [6.45, 7) is 4.02. The Morgan fingerprint density at radius 2 is 1.85 bits per heavy atom. The molecule has 2 heterocycles. The highest BCUT2D eigenvalue weighted by molar-refractivity contribution is 9.11. The zero-order valence-electron chi connectivity index (χ0n) is 14.1. The Morgan fingerprint density at radius 3 is 2.50 bits per heavy atom. The van der Waals surface area contributed by atoms with Crippen LogP contribution in [0.1, 0.15) is 21.7 Å². The largest absolute Gasteiger partial charge is 0.321 e. The van der Waals surface area contributed by atoms with E-state index in [1.807, 2.05) is 55.6 Å². The molecule has 4 rings (SSSR count). The number of hydrogen-bond donors (Lipinski definition) is 1. The van der Waals surface area contributed by atoms with Crippen molar-refractivity contribution in [3.05, 3.63) is 66.4 Å². The van der Waals surface area contributed by atoms with Gasteiger partial charge in [-0.3, -0.25) is 4.79 Å². The summed E-state index contributed by atoms with van der Waals surface area (Å²) in [7, 11) is 0. The van der Waals surface area contributed by atoms with Crippen molar-refractivity contribution < 1.29 is 4.79 Å². The Labute approximate surface area is 172 Å². The van der Waals surface area contributed by atoms with E-state index in [1.165, 1.54) is 0 Å². The number of thiazole rings is 1. The molecule has 130 valence electrons. The molecule has 6 heteroatoms. The first kappa shape index (κ1) is 17.6. The van der Waals surface area contributed by atoms with Gasteiger partial charge in [-0.2, -0.15) is 0 Å². The summed E-state index contributed by atoms with van der Waals surface area (Å²) in [6.07, 6.45) is 1.92. The summed E-state index contributed by atoms with van der Waals surface area (Å²) < 4.78 is 2.01. The molecule has 0 bridgehead atoms. The zero-order valence-corrected chi connectivity index (χ0v) is 18.0. The molecule has 0 saturated heterocycles. The van der Waals surface area contributed by atoms with Gasteiger partial charge in [-0.15, -0.1) is 11.3 Å². The van der Waals surface area contributed by atoms with E-state index in [2.05, 4.69) is 42.2 Å². The van der Waals surface area contributed by atoms with Gasteiger partial charge < -0.3 is 5.32 Å². The highest BCUT2D eigenvalue weighted by atomic mass is 79.9. The van der Waals surface area contributed by atoms with Crippen LogP contribution >= 0.6 is 43.2 Å². The van der Waals surface area contributed by atoms with Crippen molar-refractivity contribution in [3.63, 3.8) is 0 Å². The number of nitrogens with one attached hydrogen (secondary N) is 1. The first-order valence-corrected chi connectivity index (χ1v) is 10.4. The lowest BCUT2D eigenvalue weighted by Crippen LogP contribution is -2.03. The minimum Gasteiger partial charge on any atom is -0.321 e. The average molecular weight is 490 g/mol. The third kappa shape index (κ3) is 3.17. The molecule has 1 aliphatic heterocycles. The smallest absolute Gasteiger partial charge is 0.256 e. The van der Waals surface area contributed by atoms with Crippen LogP contribution in [0, 0.1) is 13.8 Å². The Balaban J connectivity index is 1.81. The molecular weight excluding hydrogens is 476 g/mol. The molecule has 1 N–H and O–H groups in total. The molecule has 3 aromatic rings. The monoisotopic (exact) mass is 488 g/mol. The molecule has 0 radical (unpaired) electrons. The summed E-state index contributed by atoms with van der Waals surface area (Å²) in [5.74, 6) is -0.0839. The van der Waals surface area contributed by atoms with Crippen molar-refractivity contribution >= 4 is 66.4 Å². The van der Waals surface area contributed by atoms with Crippen LogP contribution in [0.5, 0.6) is 0 Å². The Bertz CT molecular complexity index is 1060. The Morgan fingerprint density at radius 1 is 1.12 bits per heavy atom. The van der Waals surface area contributed by atoms with Crippen LogP contribution < -0.4 is 5.32 Å². The van der Waals surface area contributed by atoms with Gasteiger partial charge in [0.2, 0.25) is 0 Å². The lowest BCUT2D eigenvalue weighted by molar-refractivity contribution is -0.110. The second-order valence-electron chi connectivity index (χ2n) is 6.13. The van der Waals surface area contributed by atoms with E-state index in [4.69, 9.17) is 0 Å². The minimum absolute atomic E-state index is 0.0839. The summed E-state index contributed by atoms with van der Waals surface area (Å²) >= 11 is 8.76. The molecule has 1 aromatic heterocycles. The van der Waals surface area contributed by atoms with E-state index in [0.29, 0.717) is 5.57 Å². The predicted molar refractivity (Wildman–Crippen MR) is 115 cm³/mol. The van der Waals surface area contributed by atoms with E-state index in [1.54, 1.807) is 11.3 Å². The van der Waals surface area contributed by atoms with E-state index in [-0.39, 0.29) is 5.91 Å². The SMILES string of the molecule is Cc1nc(-c2ccc3c(c2)/C(=C/c2cc(Br)c(C)c(Br)c2)C(=O)N3)cs1. The molecule has 1 aliphatic rings. The predicted octanol–water partition coefficient (Wildman–Crippen LogP) is 6.44. The molecule has 0 spiro atoms. The number of hydrogen-bond acceptors (Lipinski definition) is 3. The van der Waals surface area contributed by atoms with Crippen molar-refractivity contribution in [2.24, 2.45) is 0 Å². The molecule has 0 fully saturated rings. The minimum atomic E-state index is -0.0839. The third-order valence-corrected chi connectivity index (χ3v) is 6.75. The van der Waals surface area contributed by atoms with Gasteiger partial charge in [0, 0.05) is 36.7 Å². The highest BCUT2D eigenvalue weighted by Crippen LogP contribution is 2.37. The Hall–Kier alpha value is -1.76. The van der Waals surface area contributed by atoms with Crippen molar-refractivity contribution in [3.8, 4) is 11.3 Å². The first-order chi connectivity index (χ1) is 12.4. The van der Waals surface area contributed by atoms with Crippen LogP contribution in [0.2, 0.25) is 0 Å². The van der Waals surface area contributed by atoms with Crippen molar-refractivity contribution in [2.45, 2.75) is 13.8 Å². The van der Waals surface area contributed by atoms with Crippen LogP contribution in [-0.4, -0.2) is 10.9 Å². The fourth-order valence-electron chi connectivity index (χ4n) is 2.90. The summed E-state index contributed by atoms with van der Waals surface area (Å²) in [5, 5.41) is 6.01. The molecule has 3 nitrogen and oxygen atoms in total. The number of halogens is 2. The highest BCUT2D eigenvalue weighted by Gasteiger charge is 2.25. The summed E-state index contributed by atoms with van der Waals surface area (Å²) in [6, 6.07) is 10.0. The number of nitrogens with zero attached hydrogens (tertiary/aromatic N) is 1. The summed E-state index contributed by atoms with van der Waals surface area (Å²) in [4.78, 5) is 17.1. The van der Waals surface area contributed by atoms with Crippen molar-refractivity contribution in [1.82, 2.24) is 4.98 Å². The second-order valence-corrected chi connectivity index (χ2v) is 8.90. The standard InChI is InChI=1S/C20H14Br2N2OS/c1-10-16(21)6-12(7-17(10)22)5-15-14-8-13(19-9-26-11(2)23-19)3-4-18(14)24-20(15)25/h3-9H,1-2H3,(H,24,25)/b15-5-. The molecule has 2 aromatic carbocycles. The maximum Gasteiger partial charge on any atom is 0.256 e. The first-order valence-electron chi connectivity index (χ1n) is 7.98. The van der Waals surface area contributed by atoms with Gasteiger partial charge in [-0.25, -0.2) is 4.98 Å². The van der Waals surface area contributed by atoms with E-state index < -0.39 is 0 Å². The number of amides is 1. The van der Waals surface area contributed by atoms with E-state index in [0.717, 1.165) is 47.6 Å². The number of carbonyl (C=O) groups excluding carboxylic acids is 1. The van der Waals surface area contributed by atoms with Gasteiger partial charge in [0.15, 0.2) is 0 Å². The number of aromatic nitrogens is 1. The third-order valence-electron chi connectivity index (χ3n) is 4.33. The van der Waals surface area contributed by atoms with Crippen LogP contribution in [0.3, 0.4) is 0 Å². The number of carbonyl (C=O) groups is 1.